The van der Waals surface area contributed by atoms with Crippen molar-refractivity contribution in [1.82, 2.24) is 4.98 Å². The van der Waals surface area contributed by atoms with Crippen molar-refractivity contribution in [3.63, 3.8) is 0 Å². The number of rotatable bonds is 1. The highest BCUT2D eigenvalue weighted by atomic mass is 16.6. The van der Waals surface area contributed by atoms with E-state index in [1.165, 1.54) is 0 Å². The second kappa shape index (κ2) is 1.80. The maximum absolute atomic E-state index is 5.22. The number of ether oxygens (including phenoxy) is 1. The van der Waals surface area contributed by atoms with Crippen molar-refractivity contribution in [1.29, 1.82) is 0 Å². The minimum atomic E-state index is -0.0682. The third-order valence-corrected chi connectivity index (χ3v) is 1.78. The van der Waals surface area contributed by atoms with Crippen molar-refractivity contribution in [3.05, 3.63) is 30.1 Å². The van der Waals surface area contributed by atoms with E-state index in [1.54, 1.807) is 6.20 Å². The van der Waals surface area contributed by atoms with E-state index in [4.69, 9.17) is 4.74 Å². The van der Waals surface area contributed by atoms with E-state index >= 15 is 0 Å². The molecular weight excluding hydrogens is 126 g/mol. The average Bonchev–Trinajstić information content (AvgIpc) is 2.72. The van der Waals surface area contributed by atoms with Gasteiger partial charge in [0.05, 0.1) is 12.3 Å². The Hall–Kier alpha value is -0.890. The lowest BCUT2D eigenvalue weighted by atomic mass is 10.1. The Morgan fingerprint density at radius 2 is 2.40 bits per heavy atom. The van der Waals surface area contributed by atoms with Crippen LogP contribution in [0.25, 0.3) is 0 Å². The predicted octanol–water partition coefficient (Wildman–Crippen LogP) is 1.33. The van der Waals surface area contributed by atoms with Gasteiger partial charge >= 0.3 is 0 Å². The van der Waals surface area contributed by atoms with Crippen LogP contribution < -0.4 is 0 Å². The molecule has 52 valence electrons. The summed E-state index contributed by atoms with van der Waals surface area (Å²) in [6.07, 6.45) is 1.79. The van der Waals surface area contributed by atoms with Gasteiger partial charge in [-0.3, -0.25) is 4.98 Å². The third-order valence-electron chi connectivity index (χ3n) is 1.78. The van der Waals surface area contributed by atoms with Crippen LogP contribution in [0.4, 0.5) is 0 Å². The summed E-state index contributed by atoms with van der Waals surface area (Å²) in [7, 11) is 0. The topological polar surface area (TPSA) is 25.4 Å². The molecule has 10 heavy (non-hydrogen) atoms. The van der Waals surface area contributed by atoms with Gasteiger partial charge in [0.25, 0.3) is 0 Å². The maximum Gasteiger partial charge on any atom is 0.130 e. The first kappa shape index (κ1) is 5.86. The summed E-state index contributed by atoms with van der Waals surface area (Å²) in [6.45, 7) is 2.86. The SMILES string of the molecule is C[C@]1(c2ccccn2)CO1. The lowest BCUT2D eigenvalue weighted by Gasteiger charge is -2.01. The summed E-state index contributed by atoms with van der Waals surface area (Å²) in [6, 6.07) is 5.89. The monoisotopic (exact) mass is 135 g/mol. The van der Waals surface area contributed by atoms with Crippen LogP contribution in [0.3, 0.4) is 0 Å². The molecule has 2 rings (SSSR count). The zero-order valence-corrected chi connectivity index (χ0v) is 5.87. The zero-order valence-electron chi connectivity index (χ0n) is 5.87. The second-order valence-electron chi connectivity index (χ2n) is 2.73. The fourth-order valence-corrected chi connectivity index (χ4v) is 0.932. The van der Waals surface area contributed by atoms with Crippen LogP contribution in [-0.2, 0) is 10.3 Å². The molecule has 0 N–H and O–H groups in total. The summed E-state index contributed by atoms with van der Waals surface area (Å²) >= 11 is 0. The van der Waals surface area contributed by atoms with E-state index in [2.05, 4.69) is 11.9 Å². The van der Waals surface area contributed by atoms with Gasteiger partial charge in [-0.2, -0.15) is 0 Å². The minimum absolute atomic E-state index is 0.0682. The molecule has 0 unspecified atom stereocenters. The van der Waals surface area contributed by atoms with Gasteiger partial charge in [-0.1, -0.05) is 6.07 Å². The normalized spacial score (nSPS) is 30.1. The van der Waals surface area contributed by atoms with E-state index in [-0.39, 0.29) is 5.60 Å². The molecule has 0 aromatic carbocycles. The van der Waals surface area contributed by atoms with Gasteiger partial charge < -0.3 is 4.74 Å². The number of nitrogens with zero attached hydrogens (tertiary/aromatic N) is 1. The Labute approximate surface area is 59.9 Å². The van der Waals surface area contributed by atoms with Gasteiger partial charge in [0.15, 0.2) is 0 Å². The van der Waals surface area contributed by atoms with Gasteiger partial charge in [0, 0.05) is 6.20 Å². The zero-order chi connectivity index (χ0) is 7.03. The van der Waals surface area contributed by atoms with Gasteiger partial charge in [-0.05, 0) is 19.1 Å². The summed E-state index contributed by atoms with van der Waals surface area (Å²) in [4.78, 5) is 4.19. The highest BCUT2D eigenvalue weighted by molar-refractivity contribution is 5.16. The van der Waals surface area contributed by atoms with Crippen LogP contribution in [0, 0.1) is 0 Å². The molecule has 1 atom stereocenters. The van der Waals surface area contributed by atoms with Crippen LogP contribution >= 0.6 is 0 Å². The van der Waals surface area contributed by atoms with Crippen LogP contribution in [0.2, 0.25) is 0 Å². The van der Waals surface area contributed by atoms with Crippen LogP contribution in [0.1, 0.15) is 12.6 Å². The molecule has 0 bridgehead atoms. The highest BCUT2D eigenvalue weighted by Crippen LogP contribution is 2.35. The number of hydrogen-bond acceptors (Lipinski definition) is 2. The first-order chi connectivity index (χ1) is 4.81. The molecule has 1 aromatic rings. The van der Waals surface area contributed by atoms with Gasteiger partial charge in [-0.15, -0.1) is 0 Å². The Morgan fingerprint density at radius 3 is 2.90 bits per heavy atom. The van der Waals surface area contributed by atoms with Crippen molar-refractivity contribution in [2.24, 2.45) is 0 Å². The quantitative estimate of drug-likeness (QED) is 0.543. The Bertz CT molecular complexity index is 228. The molecule has 1 saturated heterocycles. The molecule has 2 nitrogen and oxygen atoms in total. The molecular formula is C8H9NO. The third kappa shape index (κ3) is 0.809. The molecule has 0 amide bonds. The summed E-state index contributed by atoms with van der Waals surface area (Å²) < 4.78 is 5.22. The fraction of sp³-hybridized carbons (Fsp3) is 0.375. The molecule has 0 spiro atoms. The van der Waals surface area contributed by atoms with E-state index < -0.39 is 0 Å². The molecule has 1 aromatic heterocycles. The average molecular weight is 135 g/mol. The lowest BCUT2D eigenvalue weighted by molar-refractivity contribution is 0.324. The van der Waals surface area contributed by atoms with Crippen molar-refractivity contribution in [3.8, 4) is 0 Å². The number of pyridine rings is 1. The number of epoxide rings is 1. The smallest absolute Gasteiger partial charge is 0.130 e. The van der Waals surface area contributed by atoms with E-state index in [9.17, 15) is 0 Å². The van der Waals surface area contributed by atoms with Crippen molar-refractivity contribution < 1.29 is 4.74 Å². The summed E-state index contributed by atoms with van der Waals surface area (Å²) in [5.41, 5.74) is 0.969. The maximum atomic E-state index is 5.22. The first-order valence-electron chi connectivity index (χ1n) is 3.37. The van der Waals surface area contributed by atoms with Crippen molar-refractivity contribution in [2.75, 3.05) is 6.61 Å². The molecule has 0 saturated carbocycles. The Morgan fingerprint density at radius 1 is 1.60 bits per heavy atom. The highest BCUT2D eigenvalue weighted by Gasteiger charge is 2.42. The van der Waals surface area contributed by atoms with Gasteiger partial charge in [0.2, 0.25) is 0 Å². The summed E-state index contributed by atoms with van der Waals surface area (Å²) in [5.74, 6) is 0. The second-order valence-corrected chi connectivity index (χ2v) is 2.73. The van der Waals surface area contributed by atoms with Crippen molar-refractivity contribution in [2.45, 2.75) is 12.5 Å². The minimum Gasteiger partial charge on any atom is -0.363 e. The lowest BCUT2D eigenvalue weighted by Crippen LogP contribution is -2.03. The van der Waals surface area contributed by atoms with E-state index in [0.717, 1.165) is 12.3 Å². The molecule has 2 heterocycles. The Kier molecular flexibility index (Phi) is 1.05. The van der Waals surface area contributed by atoms with Crippen LogP contribution in [0.5, 0.6) is 0 Å². The predicted molar refractivity (Wildman–Crippen MR) is 37.5 cm³/mol. The molecule has 2 heteroatoms. The molecule has 1 fully saturated rings. The molecule has 1 aliphatic rings. The number of hydrogen-bond donors (Lipinski definition) is 0. The summed E-state index contributed by atoms with van der Waals surface area (Å²) in [5, 5.41) is 0. The fourth-order valence-electron chi connectivity index (χ4n) is 0.932. The molecule has 1 aliphatic heterocycles. The standard InChI is InChI=1S/C8H9NO/c1-8(6-10-8)7-4-2-3-5-9-7/h2-5H,6H2,1H3/t8-/m1/s1. The largest absolute Gasteiger partial charge is 0.363 e. The molecule has 0 radical (unpaired) electrons. The molecule has 0 aliphatic carbocycles. The number of aromatic nitrogens is 1. The first-order valence-corrected chi connectivity index (χ1v) is 3.37. The van der Waals surface area contributed by atoms with Gasteiger partial charge in [0.1, 0.15) is 5.60 Å². The van der Waals surface area contributed by atoms with E-state index in [1.807, 2.05) is 18.2 Å². The van der Waals surface area contributed by atoms with Crippen molar-refractivity contribution >= 4 is 0 Å². The van der Waals surface area contributed by atoms with Crippen LogP contribution in [-0.4, -0.2) is 11.6 Å². The van der Waals surface area contributed by atoms with Crippen LogP contribution in [0.15, 0.2) is 24.4 Å². The van der Waals surface area contributed by atoms with E-state index in [0.29, 0.717) is 0 Å². The van der Waals surface area contributed by atoms with Gasteiger partial charge in [-0.25, -0.2) is 0 Å². The Balaban J connectivity index is 2.35.